The molecule has 2 aromatic carbocycles. The zero-order chi connectivity index (χ0) is 27.3. The van der Waals surface area contributed by atoms with Crippen molar-refractivity contribution < 1.29 is 24.2 Å². The van der Waals surface area contributed by atoms with Crippen LogP contribution in [0.15, 0.2) is 47.4 Å². The summed E-state index contributed by atoms with van der Waals surface area (Å²) in [4.78, 5) is 33.7. The highest BCUT2D eigenvalue weighted by molar-refractivity contribution is 7.22. The van der Waals surface area contributed by atoms with Crippen molar-refractivity contribution in [1.82, 2.24) is 4.98 Å². The highest BCUT2D eigenvalue weighted by Gasteiger charge is 2.49. The van der Waals surface area contributed by atoms with Gasteiger partial charge in [-0.2, -0.15) is 0 Å². The predicted molar refractivity (Wildman–Crippen MR) is 152 cm³/mol. The van der Waals surface area contributed by atoms with Crippen LogP contribution in [0.2, 0.25) is 10.0 Å². The SMILES string of the molecule is COc1c(Cl)cc(/C(O)=C2\C(=O)C(=O)N(c3nc4ccc(C(C)C)cc4s3)C2c2cccs2)c(OC)c1Cl. The second-order valence-corrected chi connectivity index (χ2v) is 11.6. The number of hydrogen-bond donors (Lipinski definition) is 1. The molecule has 1 fully saturated rings. The van der Waals surface area contributed by atoms with Crippen LogP contribution in [0.4, 0.5) is 5.13 Å². The summed E-state index contributed by atoms with van der Waals surface area (Å²) in [5.41, 5.74) is 1.81. The molecule has 0 saturated carbocycles. The van der Waals surface area contributed by atoms with Crippen LogP contribution in [0.5, 0.6) is 11.5 Å². The molecular weight excluding hydrogens is 567 g/mol. The van der Waals surface area contributed by atoms with Gasteiger partial charge in [-0.25, -0.2) is 4.98 Å². The second-order valence-electron chi connectivity index (χ2n) is 8.85. The molecule has 1 atom stereocenters. The fraction of sp³-hybridized carbons (Fsp3) is 0.222. The highest BCUT2D eigenvalue weighted by atomic mass is 35.5. The third kappa shape index (κ3) is 4.23. The lowest BCUT2D eigenvalue weighted by molar-refractivity contribution is -0.132. The summed E-state index contributed by atoms with van der Waals surface area (Å²) in [5.74, 6) is -1.57. The topological polar surface area (TPSA) is 89.0 Å². The van der Waals surface area contributed by atoms with E-state index in [9.17, 15) is 14.7 Å². The Bertz CT molecular complexity index is 1610. The molecule has 0 radical (unpaired) electrons. The number of thiazole rings is 1. The average Bonchev–Trinajstić information content (AvgIpc) is 3.61. The number of ketones is 1. The third-order valence-corrected chi connectivity index (χ3v) is 8.89. The maximum Gasteiger partial charge on any atom is 0.301 e. The lowest BCUT2D eigenvalue weighted by atomic mass is 9.99. The molecule has 3 heterocycles. The summed E-state index contributed by atoms with van der Waals surface area (Å²) in [7, 11) is 2.77. The van der Waals surface area contributed by atoms with Crippen LogP contribution in [0.25, 0.3) is 16.0 Å². The van der Waals surface area contributed by atoms with E-state index in [1.807, 2.05) is 29.6 Å². The van der Waals surface area contributed by atoms with Crippen molar-refractivity contribution in [2.24, 2.45) is 0 Å². The van der Waals surface area contributed by atoms with Gasteiger partial charge in [0, 0.05) is 4.88 Å². The number of aliphatic hydroxyl groups is 1. The summed E-state index contributed by atoms with van der Waals surface area (Å²) in [6.07, 6.45) is 0. The summed E-state index contributed by atoms with van der Waals surface area (Å²) in [6.45, 7) is 4.20. The second kappa shape index (κ2) is 10.2. The molecule has 1 aliphatic rings. The molecule has 4 aromatic rings. The molecule has 11 heteroatoms. The fourth-order valence-corrected chi connectivity index (χ4v) is 6.98. The van der Waals surface area contributed by atoms with Crippen LogP contribution < -0.4 is 14.4 Å². The minimum absolute atomic E-state index is 0.0260. The molecule has 0 bridgehead atoms. The summed E-state index contributed by atoms with van der Waals surface area (Å²) >= 11 is 15.5. The normalized spacial score (nSPS) is 17.1. The van der Waals surface area contributed by atoms with Gasteiger partial charge in [-0.15, -0.1) is 11.3 Å². The Balaban J connectivity index is 1.73. The standard InChI is InChI=1S/C27H22Cl2N2O5S2/c1-12(2)13-7-8-16-18(10-13)38-27(30-16)31-21(17-6-5-9-37-17)19(23(33)26(31)34)22(32)14-11-15(28)25(36-4)20(29)24(14)35-3/h5-12,21,32H,1-4H3/b22-19+. The summed E-state index contributed by atoms with van der Waals surface area (Å²) < 4.78 is 11.6. The maximum absolute atomic E-state index is 13.5. The van der Waals surface area contributed by atoms with Crippen molar-refractivity contribution >= 4 is 78.7 Å². The van der Waals surface area contributed by atoms with Gasteiger partial charge < -0.3 is 14.6 Å². The minimum atomic E-state index is -0.913. The summed E-state index contributed by atoms with van der Waals surface area (Å²) in [5, 5.41) is 13.9. The van der Waals surface area contributed by atoms with Crippen LogP contribution in [-0.4, -0.2) is 36.0 Å². The van der Waals surface area contributed by atoms with E-state index in [0.717, 1.165) is 15.8 Å². The quantitative estimate of drug-likeness (QED) is 0.143. The van der Waals surface area contributed by atoms with Gasteiger partial charge in [-0.05, 0) is 41.1 Å². The van der Waals surface area contributed by atoms with E-state index in [2.05, 4.69) is 18.8 Å². The number of ether oxygens (including phenoxy) is 2. The Morgan fingerprint density at radius 3 is 2.47 bits per heavy atom. The Morgan fingerprint density at radius 1 is 1.11 bits per heavy atom. The van der Waals surface area contributed by atoms with Crippen LogP contribution in [0.1, 0.15) is 41.8 Å². The first-order valence-corrected chi connectivity index (χ1v) is 14.0. The van der Waals surface area contributed by atoms with Gasteiger partial charge in [0.05, 0.1) is 40.6 Å². The van der Waals surface area contributed by atoms with Crippen LogP contribution in [-0.2, 0) is 9.59 Å². The Morgan fingerprint density at radius 2 is 1.84 bits per heavy atom. The molecular formula is C27H22Cl2N2O5S2. The molecule has 1 aliphatic heterocycles. The number of benzene rings is 2. The molecule has 7 nitrogen and oxygen atoms in total. The monoisotopic (exact) mass is 588 g/mol. The van der Waals surface area contributed by atoms with E-state index in [-0.39, 0.29) is 32.7 Å². The first-order valence-electron chi connectivity index (χ1n) is 11.5. The van der Waals surface area contributed by atoms with Crippen molar-refractivity contribution in [1.29, 1.82) is 0 Å². The van der Waals surface area contributed by atoms with Gasteiger partial charge >= 0.3 is 5.91 Å². The van der Waals surface area contributed by atoms with E-state index in [0.29, 0.717) is 15.9 Å². The van der Waals surface area contributed by atoms with Crippen LogP contribution in [0.3, 0.4) is 0 Å². The van der Waals surface area contributed by atoms with Gasteiger partial charge in [-0.1, -0.05) is 60.5 Å². The number of anilines is 1. The smallest absolute Gasteiger partial charge is 0.301 e. The number of thiophene rings is 1. The summed E-state index contributed by atoms with van der Waals surface area (Å²) in [6, 6.07) is 10.1. The van der Waals surface area contributed by atoms with E-state index >= 15 is 0 Å². The molecule has 196 valence electrons. The lowest BCUT2D eigenvalue weighted by Crippen LogP contribution is -2.28. The van der Waals surface area contributed by atoms with Gasteiger partial charge in [0.2, 0.25) is 0 Å². The number of aliphatic hydroxyl groups excluding tert-OH is 1. The largest absolute Gasteiger partial charge is 0.507 e. The van der Waals surface area contributed by atoms with Gasteiger partial charge in [0.25, 0.3) is 5.78 Å². The number of hydrogen-bond acceptors (Lipinski definition) is 8. The molecule has 0 aliphatic carbocycles. The molecule has 1 amide bonds. The number of aromatic nitrogens is 1. The molecule has 38 heavy (non-hydrogen) atoms. The number of rotatable bonds is 6. The number of carbonyl (C=O) groups excluding carboxylic acids is 2. The molecule has 2 aromatic heterocycles. The Hall–Kier alpha value is -3.11. The van der Waals surface area contributed by atoms with Crippen LogP contribution in [0, 0.1) is 0 Å². The van der Waals surface area contributed by atoms with Crippen molar-refractivity contribution in [2.45, 2.75) is 25.8 Å². The van der Waals surface area contributed by atoms with E-state index in [1.54, 1.807) is 6.07 Å². The third-order valence-electron chi connectivity index (χ3n) is 6.33. The van der Waals surface area contributed by atoms with Crippen molar-refractivity contribution in [2.75, 3.05) is 19.1 Å². The zero-order valence-corrected chi connectivity index (χ0v) is 23.9. The average molecular weight is 590 g/mol. The Kier molecular flexibility index (Phi) is 7.13. The zero-order valence-electron chi connectivity index (χ0n) is 20.7. The van der Waals surface area contributed by atoms with Gasteiger partial charge in [0.1, 0.15) is 16.8 Å². The van der Waals surface area contributed by atoms with E-state index in [1.165, 1.54) is 47.9 Å². The molecule has 1 saturated heterocycles. The molecule has 1 N–H and O–H groups in total. The number of amides is 1. The molecule has 5 rings (SSSR count). The fourth-order valence-electron chi connectivity index (χ4n) is 4.43. The number of halogens is 2. The van der Waals surface area contributed by atoms with E-state index in [4.69, 9.17) is 32.7 Å². The predicted octanol–water partition coefficient (Wildman–Crippen LogP) is 7.43. The number of nitrogens with zero attached hydrogens (tertiary/aromatic N) is 2. The number of carbonyl (C=O) groups is 2. The van der Waals surface area contributed by atoms with Gasteiger partial charge in [0.15, 0.2) is 16.6 Å². The Labute approximate surface area is 236 Å². The van der Waals surface area contributed by atoms with Crippen molar-refractivity contribution in [3.63, 3.8) is 0 Å². The first-order chi connectivity index (χ1) is 18.2. The molecule has 0 spiro atoms. The lowest BCUT2D eigenvalue weighted by Gasteiger charge is -2.22. The number of fused-ring (bicyclic) bond motifs is 1. The van der Waals surface area contributed by atoms with Crippen LogP contribution >= 0.6 is 45.9 Å². The van der Waals surface area contributed by atoms with E-state index < -0.39 is 23.5 Å². The van der Waals surface area contributed by atoms with Crippen molar-refractivity contribution in [3.8, 4) is 11.5 Å². The highest BCUT2D eigenvalue weighted by Crippen LogP contribution is 2.49. The number of methoxy groups -OCH3 is 2. The number of Topliss-reactive ketones (excluding diaryl/α,β-unsaturated/α-hetero) is 1. The minimum Gasteiger partial charge on any atom is -0.507 e. The molecule has 1 unspecified atom stereocenters. The van der Waals surface area contributed by atoms with Gasteiger partial charge in [-0.3, -0.25) is 14.5 Å². The van der Waals surface area contributed by atoms with Crippen molar-refractivity contribution in [3.05, 3.63) is 73.4 Å². The first kappa shape index (κ1) is 26.5. The maximum atomic E-state index is 13.5.